The molecular formula is C32H43F3N4O6S. The summed E-state index contributed by atoms with van der Waals surface area (Å²) in [5.74, 6) is -2.26. The molecule has 3 amide bonds. The van der Waals surface area contributed by atoms with Gasteiger partial charge in [-0.25, -0.2) is 13.2 Å². The number of carbonyl (C=O) groups is 3. The predicted octanol–water partition coefficient (Wildman–Crippen LogP) is 5.34. The van der Waals surface area contributed by atoms with E-state index in [0.717, 1.165) is 24.3 Å². The number of alkyl halides is 3. The molecule has 0 spiro atoms. The van der Waals surface area contributed by atoms with Gasteiger partial charge < -0.3 is 15.0 Å². The number of anilines is 1. The van der Waals surface area contributed by atoms with Gasteiger partial charge in [0.2, 0.25) is 11.8 Å². The fourth-order valence-corrected chi connectivity index (χ4v) is 7.00. The van der Waals surface area contributed by atoms with Crippen LogP contribution in [0.3, 0.4) is 0 Å². The van der Waals surface area contributed by atoms with Crippen molar-refractivity contribution in [3.8, 4) is 0 Å². The third-order valence-electron chi connectivity index (χ3n) is 7.81. The fraction of sp³-hybridized carbons (Fsp3) is 0.531. The Morgan fingerprint density at radius 1 is 0.957 bits per heavy atom. The largest absolute Gasteiger partial charge is 0.442 e. The summed E-state index contributed by atoms with van der Waals surface area (Å²) in [5, 5.41) is 3.47. The Balaban J connectivity index is 1.76. The third-order valence-corrected chi connectivity index (χ3v) is 9.67. The topological polar surface area (TPSA) is 125 Å². The third kappa shape index (κ3) is 10.4. The Morgan fingerprint density at radius 2 is 1.57 bits per heavy atom. The zero-order valence-electron chi connectivity index (χ0n) is 26.9. The summed E-state index contributed by atoms with van der Waals surface area (Å²) in [7, 11) is -1.70. The molecule has 3 atom stereocenters. The highest BCUT2D eigenvalue weighted by atomic mass is 32.2. The number of hydrogen-bond donors (Lipinski definition) is 2. The average Bonchev–Trinajstić information content (AvgIpc) is 2.95. The summed E-state index contributed by atoms with van der Waals surface area (Å²) in [6.45, 7) is 8.83. The minimum Gasteiger partial charge on any atom is -0.442 e. The number of amides is 3. The summed E-state index contributed by atoms with van der Waals surface area (Å²) in [5.41, 5.74) is 0.193. The standard InChI is InChI=1S/C32H43F3N4O6S/c1-21(2)38(6)25-16-17-27(22(18-25)20-46(43,44)26-10-8-7-9-11-26)36-28(40)19-29(41)37-39(30(42)45-31(3,4)5)24-14-12-23(13-15-24)32(33,34)35/h7-15,21-22,25,27H,16-20H2,1-6H3,(H,36,40)(H,37,41)/t22-,25+,27-/m0/s1. The number of benzene rings is 2. The van der Waals surface area contributed by atoms with Gasteiger partial charge in [0.1, 0.15) is 12.0 Å². The Kier molecular flexibility index (Phi) is 11.9. The van der Waals surface area contributed by atoms with Crippen molar-refractivity contribution in [2.24, 2.45) is 5.92 Å². The highest BCUT2D eigenvalue weighted by Crippen LogP contribution is 2.32. The first-order valence-corrected chi connectivity index (χ1v) is 16.7. The van der Waals surface area contributed by atoms with Crippen LogP contribution in [-0.4, -0.2) is 67.8 Å². The van der Waals surface area contributed by atoms with Gasteiger partial charge in [0, 0.05) is 18.1 Å². The Hall–Kier alpha value is -3.65. The molecule has 46 heavy (non-hydrogen) atoms. The van der Waals surface area contributed by atoms with Crippen LogP contribution >= 0.6 is 0 Å². The molecule has 1 saturated carbocycles. The van der Waals surface area contributed by atoms with Crippen LogP contribution in [0.15, 0.2) is 59.5 Å². The van der Waals surface area contributed by atoms with Gasteiger partial charge in [0.25, 0.3) is 0 Å². The van der Waals surface area contributed by atoms with Crippen molar-refractivity contribution >= 4 is 33.4 Å². The molecule has 2 aromatic rings. The number of hydrazine groups is 1. The van der Waals surface area contributed by atoms with Gasteiger partial charge in [-0.15, -0.1) is 0 Å². The molecule has 14 heteroatoms. The Morgan fingerprint density at radius 3 is 2.11 bits per heavy atom. The summed E-state index contributed by atoms with van der Waals surface area (Å²) in [6.07, 6.45) is -4.71. The molecule has 0 bridgehead atoms. The molecule has 10 nitrogen and oxygen atoms in total. The number of nitrogens with one attached hydrogen (secondary N) is 2. The molecule has 1 aliphatic rings. The Bertz CT molecular complexity index is 1460. The van der Waals surface area contributed by atoms with Crippen molar-refractivity contribution in [3.05, 3.63) is 60.2 Å². The van der Waals surface area contributed by atoms with Crippen molar-refractivity contribution in [2.45, 2.75) is 95.1 Å². The molecular weight excluding hydrogens is 625 g/mol. The lowest BCUT2D eigenvalue weighted by Gasteiger charge is -2.41. The zero-order valence-corrected chi connectivity index (χ0v) is 27.7. The highest BCUT2D eigenvalue weighted by molar-refractivity contribution is 7.91. The average molecular weight is 669 g/mol. The molecule has 0 saturated heterocycles. The van der Waals surface area contributed by atoms with Crippen molar-refractivity contribution < 1.29 is 40.7 Å². The van der Waals surface area contributed by atoms with Gasteiger partial charge in [-0.1, -0.05) is 18.2 Å². The van der Waals surface area contributed by atoms with E-state index < -0.39 is 63.5 Å². The smallest absolute Gasteiger partial charge is 0.434 e. The molecule has 2 N–H and O–H groups in total. The first-order valence-electron chi connectivity index (χ1n) is 15.1. The van der Waals surface area contributed by atoms with E-state index in [-0.39, 0.29) is 28.4 Å². The SMILES string of the molecule is CC(C)N(C)[C@@H]1CC[C@H](NC(=O)CC(=O)NN(C(=O)OC(C)(C)C)c2ccc(C(F)(F)F)cc2)[C@H](CS(=O)(=O)c2ccccc2)C1. The maximum absolute atomic E-state index is 13.3. The molecule has 1 aliphatic carbocycles. The second-order valence-corrected chi connectivity index (χ2v) is 14.9. The lowest BCUT2D eigenvalue weighted by Crippen LogP contribution is -2.52. The van der Waals surface area contributed by atoms with Crippen LogP contribution < -0.4 is 15.8 Å². The second kappa shape index (κ2) is 14.8. The van der Waals surface area contributed by atoms with Crippen LogP contribution in [0.25, 0.3) is 0 Å². The van der Waals surface area contributed by atoms with E-state index in [0.29, 0.717) is 24.3 Å². The number of ether oxygens (including phenoxy) is 1. The number of rotatable bonds is 9. The number of sulfone groups is 1. The van der Waals surface area contributed by atoms with Crippen LogP contribution in [0.1, 0.15) is 65.9 Å². The first-order chi connectivity index (χ1) is 21.3. The van der Waals surface area contributed by atoms with E-state index >= 15 is 0 Å². The summed E-state index contributed by atoms with van der Waals surface area (Å²) in [4.78, 5) is 41.4. The normalized spacial score (nSPS) is 19.1. The lowest BCUT2D eigenvalue weighted by molar-refractivity contribution is -0.137. The van der Waals surface area contributed by atoms with Gasteiger partial charge in [-0.2, -0.15) is 18.2 Å². The zero-order chi connectivity index (χ0) is 34.4. The van der Waals surface area contributed by atoms with E-state index in [2.05, 4.69) is 15.6 Å². The molecule has 2 aromatic carbocycles. The minimum atomic E-state index is -4.61. The predicted molar refractivity (Wildman–Crippen MR) is 167 cm³/mol. The molecule has 0 heterocycles. The summed E-state index contributed by atoms with van der Waals surface area (Å²) < 4.78 is 71.2. The molecule has 0 aliphatic heterocycles. The van der Waals surface area contributed by atoms with E-state index in [1.807, 2.05) is 20.9 Å². The second-order valence-electron chi connectivity index (χ2n) is 12.8. The molecule has 1 fully saturated rings. The number of halogens is 3. The molecule has 254 valence electrons. The van der Waals surface area contributed by atoms with Crippen molar-refractivity contribution in [1.82, 2.24) is 15.6 Å². The molecule has 0 unspecified atom stereocenters. The maximum atomic E-state index is 13.3. The quantitative estimate of drug-likeness (QED) is 0.273. The Labute approximate surface area is 268 Å². The number of nitrogens with zero attached hydrogens (tertiary/aromatic N) is 2. The highest BCUT2D eigenvalue weighted by Gasteiger charge is 2.37. The van der Waals surface area contributed by atoms with Crippen molar-refractivity contribution in [1.29, 1.82) is 0 Å². The van der Waals surface area contributed by atoms with Crippen LogP contribution in [0.2, 0.25) is 0 Å². The van der Waals surface area contributed by atoms with Crippen LogP contribution in [0, 0.1) is 5.92 Å². The fourth-order valence-electron chi connectivity index (χ4n) is 5.30. The van der Waals surface area contributed by atoms with Crippen molar-refractivity contribution in [2.75, 3.05) is 17.8 Å². The van der Waals surface area contributed by atoms with Crippen LogP contribution in [-0.2, 0) is 30.3 Å². The monoisotopic (exact) mass is 668 g/mol. The van der Waals surface area contributed by atoms with Gasteiger partial charge >= 0.3 is 12.3 Å². The lowest BCUT2D eigenvalue weighted by atomic mass is 9.81. The van der Waals surface area contributed by atoms with Crippen molar-refractivity contribution in [3.63, 3.8) is 0 Å². The summed E-state index contributed by atoms with van der Waals surface area (Å²) >= 11 is 0. The molecule has 0 aromatic heterocycles. The van der Waals surface area contributed by atoms with Gasteiger partial charge in [-0.3, -0.25) is 15.0 Å². The van der Waals surface area contributed by atoms with Crippen LogP contribution in [0.5, 0.6) is 0 Å². The minimum absolute atomic E-state index is 0.0959. The van der Waals surface area contributed by atoms with E-state index in [1.54, 1.807) is 39.0 Å². The molecule has 3 rings (SSSR count). The van der Waals surface area contributed by atoms with Gasteiger partial charge in [0.15, 0.2) is 9.84 Å². The molecule has 0 radical (unpaired) electrons. The van der Waals surface area contributed by atoms with Gasteiger partial charge in [-0.05, 0) is 103 Å². The summed E-state index contributed by atoms with van der Waals surface area (Å²) in [6, 6.07) is 11.4. The van der Waals surface area contributed by atoms with E-state index in [1.165, 1.54) is 12.1 Å². The van der Waals surface area contributed by atoms with E-state index in [4.69, 9.17) is 4.74 Å². The van der Waals surface area contributed by atoms with E-state index in [9.17, 15) is 36.0 Å². The first kappa shape index (κ1) is 36.8. The number of carbonyl (C=O) groups excluding carboxylic acids is 3. The van der Waals surface area contributed by atoms with Gasteiger partial charge in [0.05, 0.1) is 21.9 Å². The maximum Gasteiger partial charge on any atom is 0.434 e. The number of hydrogen-bond acceptors (Lipinski definition) is 7. The van der Waals surface area contributed by atoms with Crippen LogP contribution in [0.4, 0.5) is 23.7 Å².